The van der Waals surface area contributed by atoms with E-state index in [9.17, 15) is 73.5 Å². The summed E-state index contributed by atoms with van der Waals surface area (Å²) in [4.78, 5) is 173. The SMILES string of the molecule is Cc1cc2nc3c(=O)[nH]c(=O)nc-3n(CC(O)Cc3ccc4ccccc4c3)c2cc1C.Cc1ccc(CC(O)Cn2c3nc(=O)[nH]c(=O)c-3nc3cc(C)ccc32)cc1.Cc1ccc(CC(O)Cn2c3nc(=O)[nH]c(=O)c-3nc3ccc(C)cc32)cc1.Cc1cccc(CC(O)Cn2c3nc(=O)[nH]c(=O)c-3nc3cc(C)c(C)cc32)c1.Cc1cccc(CC(O)Cn2c3nc(=O)[nH]c(=O)c-3nc3cc(C)ccc32)c1. The van der Waals surface area contributed by atoms with Crippen LogP contribution in [0.2, 0.25) is 0 Å². The molecule has 10 aliphatic heterocycles. The van der Waals surface area contributed by atoms with Crippen molar-refractivity contribution in [2.24, 2.45) is 0 Å². The first-order valence-electron chi connectivity index (χ1n) is 47.1. The fourth-order valence-corrected chi connectivity index (χ4v) is 18.0. The average molecular weight is 1950 g/mol. The molecule has 35 nitrogen and oxygen atoms in total. The number of aryl methyl sites for hydroxylation is 11. The molecule has 35 heteroatoms. The van der Waals surface area contributed by atoms with Crippen LogP contribution in [0.1, 0.15) is 89.0 Å². The third-order valence-corrected chi connectivity index (χ3v) is 25.3. The van der Waals surface area contributed by atoms with Crippen molar-refractivity contribution < 1.29 is 25.5 Å². The van der Waals surface area contributed by atoms with Gasteiger partial charge in [-0.2, -0.15) is 24.9 Å². The number of hydrogen-bond acceptors (Lipinski definition) is 25. The predicted octanol–water partition coefficient (Wildman–Crippen LogP) is 10.5. The minimum Gasteiger partial charge on any atom is -0.391 e. The van der Waals surface area contributed by atoms with Crippen molar-refractivity contribution in [3.05, 3.63) is 412 Å². The summed E-state index contributed by atoms with van der Waals surface area (Å²) in [6.45, 7) is 22.7. The highest BCUT2D eigenvalue weighted by Crippen LogP contribution is 2.32. The molecule has 10 heterocycles. The number of nitrogens with zero attached hydrogens (tertiary/aromatic N) is 15. The van der Waals surface area contributed by atoms with Crippen LogP contribution in [-0.2, 0) is 64.8 Å². The number of aliphatic hydroxyl groups is 5. The Kier molecular flexibility index (Phi) is 29.0. The van der Waals surface area contributed by atoms with Gasteiger partial charge in [0.05, 0.1) is 118 Å². The molecule has 0 saturated heterocycles. The Bertz CT molecular complexity index is 9010. The van der Waals surface area contributed by atoms with Crippen LogP contribution in [0.3, 0.4) is 0 Å². The number of benzene rings is 11. The molecule has 0 aliphatic carbocycles. The maximum Gasteiger partial charge on any atom is 0.349 e. The van der Waals surface area contributed by atoms with Crippen LogP contribution in [0, 0.1) is 76.2 Å². The van der Waals surface area contributed by atoms with E-state index >= 15 is 0 Å². The summed E-state index contributed by atoms with van der Waals surface area (Å²) >= 11 is 0. The smallest absolute Gasteiger partial charge is 0.349 e. The van der Waals surface area contributed by atoms with E-state index in [4.69, 9.17) is 0 Å². The first-order valence-corrected chi connectivity index (χ1v) is 47.1. The van der Waals surface area contributed by atoms with Crippen molar-refractivity contribution in [1.29, 1.82) is 0 Å². The van der Waals surface area contributed by atoms with Gasteiger partial charge in [-0.05, 0) is 214 Å². The quantitative estimate of drug-likeness (QED) is 0.0317. The molecule has 5 unspecified atom stereocenters. The molecule has 0 spiro atoms. The number of hydrogen-bond donors (Lipinski definition) is 10. The van der Waals surface area contributed by atoms with Crippen LogP contribution in [0.15, 0.2) is 266 Å². The molecule has 0 amide bonds. The third-order valence-electron chi connectivity index (χ3n) is 25.3. The summed E-state index contributed by atoms with van der Waals surface area (Å²) in [7, 11) is 0. The monoisotopic (exact) mass is 1940 g/mol. The Labute approximate surface area is 825 Å². The van der Waals surface area contributed by atoms with Crippen molar-refractivity contribution in [1.82, 2.24) is 97.6 Å². The molecular weight excluding hydrogens is 1840 g/mol. The second-order valence-electron chi connectivity index (χ2n) is 37.1. The Hall–Kier alpha value is -17.1. The second kappa shape index (κ2) is 42.4. The first kappa shape index (κ1) is 99.4. The molecular formula is C110H104N20O15. The molecule has 0 aromatic heterocycles. The van der Waals surface area contributed by atoms with Gasteiger partial charge in [0, 0.05) is 32.1 Å². The molecule has 0 fully saturated rings. The third kappa shape index (κ3) is 22.9. The van der Waals surface area contributed by atoms with Gasteiger partial charge in [0.15, 0.2) is 57.6 Å². The van der Waals surface area contributed by atoms with Gasteiger partial charge in [0.2, 0.25) is 0 Å². The molecule has 11 aromatic carbocycles. The number of nitrogens with one attached hydrogen (secondary N) is 5. The topological polar surface area (TPSA) is 504 Å². The highest BCUT2D eigenvalue weighted by Gasteiger charge is 2.29. The predicted molar refractivity (Wildman–Crippen MR) is 556 cm³/mol. The number of aromatic nitrogens is 20. The van der Waals surface area contributed by atoms with E-state index in [1.165, 1.54) is 0 Å². The molecule has 10 aliphatic rings. The lowest BCUT2D eigenvalue weighted by Gasteiger charge is -2.20. The summed E-state index contributed by atoms with van der Waals surface area (Å²) in [6.07, 6.45) is -1.47. The maximum absolute atomic E-state index is 12.4. The van der Waals surface area contributed by atoms with E-state index < -0.39 is 86.8 Å². The number of aromatic amines is 5. The van der Waals surface area contributed by atoms with E-state index in [-0.39, 0.29) is 90.3 Å². The Morgan fingerprint density at radius 3 is 0.828 bits per heavy atom. The van der Waals surface area contributed by atoms with E-state index in [1.54, 1.807) is 22.8 Å². The van der Waals surface area contributed by atoms with Crippen molar-refractivity contribution in [2.75, 3.05) is 0 Å². The Balaban J connectivity index is 0.000000124. The van der Waals surface area contributed by atoms with E-state index in [2.05, 4.69) is 86.9 Å². The highest BCUT2D eigenvalue weighted by molar-refractivity contribution is 5.86. The first-order chi connectivity index (χ1) is 69.4. The van der Waals surface area contributed by atoms with Crippen molar-refractivity contribution in [2.45, 2.75) is 172 Å². The molecule has 734 valence electrons. The minimum absolute atomic E-state index is 0.0817. The fourth-order valence-electron chi connectivity index (χ4n) is 18.0. The zero-order valence-electron chi connectivity index (χ0n) is 81.3. The van der Waals surface area contributed by atoms with Gasteiger partial charge in [0.25, 0.3) is 27.8 Å². The lowest BCUT2D eigenvalue weighted by molar-refractivity contribution is 0.155. The zero-order valence-corrected chi connectivity index (χ0v) is 81.3. The molecule has 10 N–H and O–H groups in total. The number of H-pyrrole nitrogens is 5. The lowest BCUT2D eigenvalue weighted by atomic mass is 10.0. The van der Waals surface area contributed by atoms with Crippen LogP contribution in [0.5, 0.6) is 0 Å². The molecule has 21 rings (SSSR count). The van der Waals surface area contributed by atoms with Crippen LogP contribution >= 0.6 is 0 Å². The van der Waals surface area contributed by atoms with Gasteiger partial charge in [0.1, 0.15) is 0 Å². The molecule has 0 radical (unpaired) electrons. The zero-order chi connectivity index (χ0) is 103. The van der Waals surface area contributed by atoms with E-state index in [1.807, 2.05) is 282 Å². The Morgan fingerprint density at radius 2 is 0.483 bits per heavy atom. The molecule has 11 aromatic rings. The minimum atomic E-state index is -0.757. The molecule has 0 bridgehead atoms. The lowest BCUT2D eigenvalue weighted by Crippen LogP contribution is -2.30. The van der Waals surface area contributed by atoms with Gasteiger partial charge < -0.3 is 48.4 Å². The standard InChI is InChI=1S/C25H22N4O3.C22H22N4O3.3C21H20N4O3/c1-14-9-20-21(10-15(14)2)29(23-22(26-20)24(31)28-25(32)27-23)13-19(30)12-16-7-8-17-5-3-4-6-18(17)11-16;1-12-5-4-6-15(7-12)10-16(27)11-26-18-9-14(3)13(2)8-17(18)23-19-20(26)24-22(29)25-21(19)28;1-12-3-6-14(7-4-12)10-15(26)11-25-17-8-5-13(2)9-16(17)22-18-19(25)23-21(28)24-20(18)27;1-12-3-6-14(7-4-12)10-15(26)11-25-17-9-13(2)5-8-16(17)22-18-19(25)23-21(28)24-20(18)27;1-12-4-3-5-14(8-12)10-15(26)11-25-17-7-6-13(2)9-16(17)22-18-19(25)23-21(28)24-20(18)27/h3-11,19,30H,12-13H2,1-2H3,(H,28,31,32);4-9,16,27H,10-11H2,1-3H3,(H,25,28,29);3*3-9,15,26H,10-11H2,1-2H3,(H,24,27,28). The number of fused-ring (bicyclic) bond motifs is 11. The summed E-state index contributed by atoms with van der Waals surface area (Å²) in [5.74, 6) is 0.876. The van der Waals surface area contributed by atoms with Crippen molar-refractivity contribution in [3.8, 4) is 57.6 Å². The highest BCUT2D eigenvalue weighted by atomic mass is 16.3. The van der Waals surface area contributed by atoms with Gasteiger partial charge in [-0.1, -0.05) is 180 Å². The van der Waals surface area contributed by atoms with E-state index in [0.29, 0.717) is 76.2 Å². The van der Waals surface area contributed by atoms with Gasteiger partial charge in [-0.15, -0.1) is 0 Å². The summed E-state index contributed by atoms with van der Waals surface area (Å²) in [5.41, 5.74) is 17.3. The summed E-state index contributed by atoms with van der Waals surface area (Å²) < 4.78 is 8.56. The fraction of sp³-hybridized carbons (Fsp3) is 0.236. The van der Waals surface area contributed by atoms with Crippen LogP contribution in [-0.4, -0.2) is 154 Å². The summed E-state index contributed by atoms with van der Waals surface area (Å²) in [6, 6.07) is 70.7. The molecule has 0 saturated carbocycles. The van der Waals surface area contributed by atoms with Crippen molar-refractivity contribution >= 4 is 65.9 Å². The number of rotatable bonds is 20. The Morgan fingerprint density at radius 1 is 0.221 bits per heavy atom. The van der Waals surface area contributed by atoms with Crippen LogP contribution in [0.4, 0.5) is 0 Å². The van der Waals surface area contributed by atoms with E-state index in [0.717, 1.165) is 111 Å². The van der Waals surface area contributed by atoms with Gasteiger partial charge in [-0.3, -0.25) is 48.9 Å². The average Bonchev–Trinajstić information content (AvgIpc) is 0.774. The summed E-state index contributed by atoms with van der Waals surface area (Å²) in [5, 5.41) is 56.2. The largest absolute Gasteiger partial charge is 0.391 e. The second-order valence-corrected chi connectivity index (χ2v) is 37.1. The van der Waals surface area contributed by atoms with Gasteiger partial charge in [-0.25, -0.2) is 48.9 Å². The molecule has 145 heavy (non-hydrogen) atoms. The molecule has 5 atom stereocenters. The maximum atomic E-state index is 12.4. The normalized spacial score (nSPS) is 12.6. The van der Waals surface area contributed by atoms with Crippen LogP contribution < -0.4 is 56.2 Å². The van der Waals surface area contributed by atoms with Crippen molar-refractivity contribution in [3.63, 3.8) is 0 Å². The van der Waals surface area contributed by atoms with Gasteiger partial charge >= 0.3 is 28.4 Å². The van der Waals surface area contributed by atoms with Crippen LogP contribution in [0.25, 0.3) is 124 Å². The number of aliphatic hydroxyl groups excluding tert-OH is 5.